The summed E-state index contributed by atoms with van der Waals surface area (Å²) in [6.45, 7) is 2.48. The lowest BCUT2D eigenvalue weighted by Crippen LogP contribution is -2.17. The van der Waals surface area contributed by atoms with Gasteiger partial charge in [0.2, 0.25) is 0 Å². The average molecular weight is 251 g/mol. The minimum Gasteiger partial charge on any atom is -0.493 e. The Morgan fingerprint density at radius 1 is 1.39 bits per heavy atom. The van der Waals surface area contributed by atoms with Crippen LogP contribution in [0.1, 0.15) is 19.8 Å². The van der Waals surface area contributed by atoms with Crippen LogP contribution in [0.4, 0.5) is 5.69 Å². The fraction of sp³-hybridized carbons (Fsp3) is 0.571. The van der Waals surface area contributed by atoms with Gasteiger partial charge in [0.15, 0.2) is 11.5 Å². The van der Waals surface area contributed by atoms with E-state index >= 15 is 0 Å². The van der Waals surface area contributed by atoms with E-state index in [9.17, 15) is 0 Å². The van der Waals surface area contributed by atoms with Crippen LogP contribution in [0, 0.1) is 5.92 Å². The second-order valence-electron chi connectivity index (χ2n) is 4.71. The van der Waals surface area contributed by atoms with Crippen molar-refractivity contribution in [1.82, 2.24) is 0 Å². The molecule has 18 heavy (non-hydrogen) atoms. The molecule has 4 nitrogen and oxygen atoms in total. The van der Waals surface area contributed by atoms with Crippen LogP contribution in [0.3, 0.4) is 0 Å². The van der Waals surface area contributed by atoms with Gasteiger partial charge in [-0.15, -0.1) is 0 Å². The minimum absolute atomic E-state index is 0.000707. The Morgan fingerprint density at radius 3 is 2.78 bits per heavy atom. The maximum absolute atomic E-state index is 8.81. The molecule has 1 aromatic carbocycles. The number of methoxy groups -OCH3 is 1. The summed E-state index contributed by atoms with van der Waals surface area (Å²) in [7, 11) is 1.61. The lowest BCUT2D eigenvalue weighted by Gasteiger charge is -2.16. The third-order valence-corrected chi connectivity index (χ3v) is 3.24. The van der Waals surface area contributed by atoms with Crippen molar-refractivity contribution in [3.8, 4) is 11.5 Å². The van der Waals surface area contributed by atoms with Crippen LogP contribution in [0.15, 0.2) is 18.2 Å². The van der Waals surface area contributed by atoms with Crippen molar-refractivity contribution in [3.63, 3.8) is 0 Å². The number of hydrogen-bond acceptors (Lipinski definition) is 4. The average Bonchev–Trinajstić information content (AvgIpc) is 3.20. The summed E-state index contributed by atoms with van der Waals surface area (Å²) in [5, 5.41) is 12.3. The monoisotopic (exact) mass is 251 g/mol. The van der Waals surface area contributed by atoms with Gasteiger partial charge in [-0.2, -0.15) is 0 Å². The molecule has 1 unspecified atom stereocenters. The summed E-state index contributed by atoms with van der Waals surface area (Å²) < 4.78 is 10.7. The molecule has 100 valence electrons. The molecular formula is C14H21NO3. The molecule has 2 rings (SSSR count). The highest BCUT2D eigenvalue weighted by atomic mass is 16.5. The van der Waals surface area contributed by atoms with Crippen LogP contribution in [0.2, 0.25) is 0 Å². The molecule has 1 aliphatic rings. The van der Waals surface area contributed by atoms with Crippen molar-refractivity contribution in [2.75, 3.05) is 25.6 Å². The number of anilines is 1. The van der Waals surface area contributed by atoms with Gasteiger partial charge in [0.25, 0.3) is 0 Å². The first-order valence-electron chi connectivity index (χ1n) is 6.43. The van der Waals surface area contributed by atoms with E-state index in [4.69, 9.17) is 14.6 Å². The highest BCUT2D eigenvalue weighted by Gasteiger charge is 2.27. The molecule has 1 fully saturated rings. The van der Waals surface area contributed by atoms with Gasteiger partial charge in [0.1, 0.15) is 6.61 Å². The zero-order chi connectivity index (χ0) is 13.0. The van der Waals surface area contributed by atoms with Crippen molar-refractivity contribution in [1.29, 1.82) is 0 Å². The Kier molecular flexibility index (Phi) is 4.31. The van der Waals surface area contributed by atoms with E-state index in [1.807, 2.05) is 18.2 Å². The Hall–Kier alpha value is -1.42. The highest BCUT2D eigenvalue weighted by Crippen LogP contribution is 2.35. The zero-order valence-electron chi connectivity index (χ0n) is 11.0. The third-order valence-electron chi connectivity index (χ3n) is 3.24. The van der Waals surface area contributed by atoms with E-state index in [-0.39, 0.29) is 13.2 Å². The Morgan fingerprint density at radius 2 is 2.17 bits per heavy atom. The molecule has 0 aromatic heterocycles. The summed E-state index contributed by atoms with van der Waals surface area (Å²) in [6, 6.07) is 6.29. The topological polar surface area (TPSA) is 50.7 Å². The summed E-state index contributed by atoms with van der Waals surface area (Å²) in [6.07, 6.45) is 2.64. The summed E-state index contributed by atoms with van der Waals surface area (Å²) in [5.74, 6) is 2.15. The maximum atomic E-state index is 8.81. The molecule has 0 amide bonds. The molecule has 0 heterocycles. The number of benzene rings is 1. The molecule has 0 radical (unpaired) electrons. The van der Waals surface area contributed by atoms with E-state index in [0.717, 1.165) is 11.6 Å². The van der Waals surface area contributed by atoms with Crippen molar-refractivity contribution < 1.29 is 14.6 Å². The molecule has 0 spiro atoms. The van der Waals surface area contributed by atoms with Crippen LogP contribution in [-0.2, 0) is 0 Å². The van der Waals surface area contributed by atoms with Crippen LogP contribution in [0.25, 0.3) is 0 Å². The van der Waals surface area contributed by atoms with Gasteiger partial charge >= 0.3 is 0 Å². The second-order valence-corrected chi connectivity index (χ2v) is 4.71. The quantitative estimate of drug-likeness (QED) is 0.780. The SMILES string of the molecule is COc1ccc(NC(C)C2CC2)cc1OCCO. The van der Waals surface area contributed by atoms with E-state index in [2.05, 4.69) is 12.2 Å². The number of aliphatic hydroxyl groups is 1. The highest BCUT2D eigenvalue weighted by molar-refractivity contribution is 5.55. The zero-order valence-corrected chi connectivity index (χ0v) is 11.0. The fourth-order valence-electron chi connectivity index (χ4n) is 2.01. The summed E-state index contributed by atoms with van der Waals surface area (Å²) >= 11 is 0. The third kappa shape index (κ3) is 3.29. The fourth-order valence-corrected chi connectivity index (χ4v) is 2.01. The Labute approximate surface area is 108 Å². The normalized spacial score (nSPS) is 16.2. The molecule has 1 saturated carbocycles. The summed E-state index contributed by atoms with van der Waals surface area (Å²) in [5.41, 5.74) is 1.03. The van der Waals surface area contributed by atoms with Gasteiger partial charge in [-0.3, -0.25) is 0 Å². The van der Waals surface area contributed by atoms with Crippen molar-refractivity contribution in [3.05, 3.63) is 18.2 Å². The van der Waals surface area contributed by atoms with Crippen LogP contribution in [0.5, 0.6) is 11.5 Å². The molecule has 0 bridgehead atoms. The van der Waals surface area contributed by atoms with E-state index in [1.54, 1.807) is 7.11 Å². The second kappa shape index (κ2) is 5.96. The van der Waals surface area contributed by atoms with Gasteiger partial charge in [-0.05, 0) is 37.8 Å². The molecule has 4 heteroatoms. The number of hydrogen-bond donors (Lipinski definition) is 2. The van der Waals surface area contributed by atoms with Gasteiger partial charge < -0.3 is 19.9 Å². The first-order chi connectivity index (χ1) is 8.74. The molecule has 1 aromatic rings. The van der Waals surface area contributed by atoms with Gasteiger partial charge in [-0.1, -0.05) is 0 Å². The predicted molar refractivity (Wildman–Crippen MR) is 71.4 cm³/mol. The van der Waals surface area contributed by atoms with E-state index < -0.39 is 0 Å². The van der Waals surface area contributed by atoms with Crippen molar-refractivity contribution >= 4 is 5.69 Å². The largest absolute Gasteiger partial charge is 0.493 e. The maximum Gasteiger partial charge on any atom is 0.163 e. The first kappa shape index (κ1) is 13.0. The van der Waals surface area contributed by atoms with Gasteiger partial charge in [0, 0.05) is 17.8 Å². The number of rotatable bonds is 7. The lowest BCUT2D eigenvalue weighted by molar-refractivity contribution is 0.196. The number of aliphatic hydroxyl groups excluding tert-OH is 1. The Bertz CT molecular complexity index is 391. The lowest BCUT2D eigenvalue weighted by atomic mass is 10.2. The smallest absolute Gasteiger partial charge is 0.163 e. The van der Waals surface area contributed by atoms with Gasteiger partial charge in [0.05, 0.1) is 13.7 Å². The molecule has 0 aliphatic heterocycles. The van der Waals surface area contributed by atoms with E-state index in [0.29, 0.717) is 17.5 Å². The van der Waals surface area contributed by atoms with Crippen molar-refractivity contribution in [2.24, 2.45) is 5.92 Å². The standard InChI is InChI=1S/C14H21NO3/c1-10(11-3-4-11)15-12-5-6-13(17-2)14(9-12)18-8-7-16/h5-6,9-11,15-16H,3-4,7-8H2,1-2H3. The van der Waals surface area contributed by atoms with Crippen LogP contribution >= 0.6 is 0 Å². The molecular weight excluding hydrogens is 230 g/mol. The molecule has 2 N–H and O–H groups in total. The molecule has 1 atom stereocenters. The molecule has 0 saturated heterocycles. The number of ether oxygens (including phenoxy) is 2. The van der Waals surface area contributed by atoms with E-state index in [1.165, 1.54) is 12.8 Å². The van der Waals surface area contributed by atoms with Gasteiger partial charge in [-0.25, -0.2) is 0 Å². The first-order valence-corrected chi connectivity index (χ1v) is 6.43. The minimum atomic E-state index is -0.000707. The van der Waals surface area contributed by atoms with Crippen molar-refractivity contribution in [2.45, 2.75) is 25.8 Å². The summed E-state index contributed by atoms with van der Waals surface area (Å²) in [4.78, 5) is 0. The molecule has 1 aliphatic carbocycles. The van der Waals surface area contributed by atoms with Crippen LogP contribution < -0.4 is 14.8 Å². The predicted octanol–water partition coefficient (Wildman–Crippen LogP) is 2.28. The van der Waals surface area contributed by atoms with Crippen LogP contribution in [-0.4, -0.2) is 31.5 Å². The number of nitrogens with one attached hydrogen (secondary N) is 1. The Balaban J connectivity index is 2.05.